The first-order valence-electron chi connectivity index (χ1n) is 8.64. The van der Waals surface area contributed by atoms with Crippen LogP contribution in [0.4, 0.5) is 5.69 Å². The number of para-hydroxylation sites is 1. The lowest BCUT2D eigenvalue weighted by Crippen LogP contribution is -2.24. The summed E-state index contributed by atoms with van der Waals surface area (Å²) in [5.74, 6) is 0.127. The van der Waals surface area contributed by atoms with E-state index in [2.05, 4.69) is 10.6 Å². The van der Waals surface area contributed by atoms with Crippen LogP contribution in [0.15, 0.2) is 72.8 Å². The van der Waals surface area contributed by atoms with E-state index in [0.717, 1.165) is 11.3 Å². The van der Waals surface area contributed by atoms with Gasteiger partial charge in [-0.05, 0) is 54.1 Å². The first-order chi connectivity index (χ1) is 13.6. The summed E-state index contributed by atoms with van der Waals surface area (Å²) in [5, 5.41) is 6.19. The fourth-order valence-corrected chi connectivity index (χ4v) is 2.77. The molecule has 0 saturated carbocycles. The summed E-state index contributed by atoms with van der Waals surface area (Å²) < 4.78 is 5.19. The van der Waals surface area contributed by atoms with Crippen molar-refractivity contribution in [2.75, 3.05) is 12.4 Å². The van der Waals surface area contributed by atoms with Gasteiger partial charge in [-0.15, -0.1) is 0 Å². The van der Waals surface area contributed by atoms with Crippen molar-refractivity contribution in [1.82, 2.24) is 5.32 Å². The van der Waals surface area contributed by atoms with E-state index in [1.165, 1.54) is 0 Å². The molecule has 0 atom stereocenters. The molecule has 0 aliphatic heterocycles. The Morgan fingerprint density at radius 2 is 1.68 bits per heavy atom. The Morgan fingerprint density at radius 3 is 2.43 bits per heavy atom. The first-order valence-corrected chi connectivity index (χ1v) is 9.01. The molecule has 28 heavy (non-hydrogen) atoms. The summed E-state index contributed by atoms with van der Waals surface area (Å²) in [6.45, 7) is 0.343. The third-order valence-corrected chi connectivity index (χ3v) is 4.37. The molecule has 2 N–H and O–H groups in total. The number of nitrogens with one attached hydrogen (secondary N) is 2. The van der Waals surface area contributed by atoms with Gasteiger partial charge in [-0.3, -0.25) is 9.59 Å². The van der Waals surface area contributed by atoms with Crippen molar-refractivity contribution in [3.05, 3.63) is 94.5 Å². The van der Waals surface area contributed by atoms with Crippen molar-refractivity contribution in [1.29, 1.82) is 0 Å². The third kappa shape index (κ3) is 4.90. The number of carbonyl (C=O) groups excluding carboxylic acids is 2. The van der Waals surface area contributed by atoms with Crippen LogP contribution < -0.4 is 15.4 Å². The minimum absolute atomic E-state index is 0.283. The monoisotopic (exact) mass is 394 g/mol. The highest BCUT2D eigenvalue weighted by molar-refractivity contribution is 6.30. The number of ether oxygens (including phenoxy) is 1. The molecule has 0 bridgehead atoms. The Hall–Kier alpha value is -3.31. The summed E-state index contributed by atoms with van der Waals surface area (Å²) in [7, 11) is 1.59. The molecule has 0 saturated heterocycles. The van der Waals surface area contributed by atoms with Crippen LogP contribution in [0, 0.1) is 0 Å². The molecule has 6 heteroatoms. The number of rotatable bonds is 6. The van der Waals surface area contributed by atoms with Crippen molar-refractivity contribution in [3.8, 4) is 5.75 Å². The quantitative estimate of drug-likeness (QED) is 0.645. The molecule has 3 aromatic carbocycles. The third-order valence-electron chi connectivity index (χ3n) is 4.11. The van der Waals surface area contributed by atoms with Crippen LogP contribution in [-0.2, 0) is 6.54 Å². The smallest absolute Gasteiger partial charge is 0.255 e. The number of amides is 2. The molecule has 0 aliphatic carbocycles. The van der Waals surface area contributed by atoms with E-state index >= 15 is 0 Å². The Balaban J connectivity index is 1.71. The highest BCUT2D eigenvalue weighted by Gasteiger charge is 2.14. The Labute approximate surface area is 168 Å². The maximum absolute atomic E-state index is 12.6. The van der Waals surface area contributed by atoms with Crippen LogP contribution in [0.5, 0.6) is 5.75 Å². The van der Waals surface area contributed by atoms with Crippen LogP contribution in [-0.4, -0.2) is 18.9 Å². The fourth-order valence-electron chi connectivity index (χ4n) is 2.65. The molecular weight excluding hydrogens is 376 g/mol. The van der Waals surface area contributed by atoms with Crippen molar-refractivity contribution < 1.29 is 14.3 Å². The number of methoxy groups -OCH3 is 1. The van der Waals surface area contributed by atoms with Crippen molar-refractivity contribution >= 4 is 29.1 Å². The van der Waals surface area contributed by atoms with E-state index in [1.807, 2.05) is 24.3 Å². The van der Waals surface area contributed by atoms with Crippen molar-refractivity contribution in [3.63, 3.8) is 0 Å². The zero-order valence-electron chi connectivity index (χ0n) is 15.2. The van der Waals surface area contributed by atoms with E-state index in [9.17, 15) is 9.59 Å². The van der Waals surface area contributed by atoms with Crippen LogP contribution >= 0.6 is 11.6 Å². The lowest BCUT2D eigenvalue weighted by atomic mass is 10.1. The van der Waals surface area contributed by atoms with Gasteiger partial charge in [0.05, 0.1) is 18.4 Å². The minimum Gasteiger partial charge on any atom is -0.497 e. The maximum atomic E-state index is 12.6. The second kappa shape index (κ2) is 9.06. The lowest BCUT2D eigenvalue weighted by Gasteiger charge is -2.12. The second-order valence-corrected chi connectivity index (χ2v) is 6.48. The first kappa shape index (κ1) is 19.5. The summed E-state index contributed by atoms with van der Waals surface area (Å²) in [6.07, 6.45) is 0. The lowest BCUT2D eigenvalue weighted by molar-refractivity contribution is 0.0951. The summed E-state index contributed by atoms with van der Waals surface area (Å²) >= 11 is 5.86. The summed E-state index contributed by atoms with van der Waals surface area (Å²) in [5.41, 5.74) is 2.18. The summed E-state index contributed by atoms with van der Waals surface area (Å²) in [6, 6.07) is 20.9. The molecule has 0 fully saturated rings. The van der Waals surface area contributed by atoms with Gasteiger partial charge in [0.1, 0.15) is 5.75 Å². The molecule has 3 aromatic rings. The van der Waals surface area contributed by atoms with Crippen LogP contribution in [0.25, 0.3) is 0 Å². The average molecular weight is 395 g/mol. The van der Waals surface area contributed by atoms with Gasteiger partial charge in [0.15, 0.2) is 0 Å². The zero-order valence-corrected chi connectivity index (χ0v) is 16.0. The summed E-state index contributed by atoms with van der Waals surface area (Å²) in [4.78, 5) is 25.1. The van der Waals surface area contributed by atoms with Crippen LogP contribution in [0.3, 0.4) is 0 Å². The van der Waals surface area contributed by atoms with E-state index < -0.39 is 0 Å². The maximum Gasteiger partial charge on any atom is 0.255 e. The van der Waals surface area contributed by atoms with E-state index in [4.69, 9.17) is 16.3 Å². The van der Waals surface area contributed by atoms with E-state index in [1.54, 1.807) is 55.6 Å². The molecule has 0 unspecified atom stereocenters. The molecule has 0 aliphatic rings. The highest BCUT2D eigenvalue weighted by atomic mass is 35.5. The minimum atomic E-state index is -0.315. The molecule has 0 heterocycles. The molecule has 0 radical (unpaired) electrons. The van der Waals surface area contributed by atoms with E-state index in [0.29, 0.717) is 28.4 Å². The Kier molecular flexibility index (Phi) is 6.29. The standard InChI is InChI=1S/C22H19ClN2O3/c1-28-18-6-4-5-15(13-18)14-24-22(27)19-7-2-3-8-20(19)25-21(26)16-9-11-17(23)12-10-16/h2-13H,14H2,1H3,(H,24,27)(H,25,26). The van der Waals surface area contributed by atoms with Gasteiger partial charge in [0, 0.05) is 17.1 Å². The van der Waals surface area contributed by atoms with Gasteiger partial charge in [-0.1, -0.05) is 35.9 Å². The van der Waals surface area contributed by atoms with Crippen LogP contribution in [0.1, 0.15) is 26.3 Å². The predicted molar refractivity (Wildman–Crippen MR) is 110 cm³/mol. The van der Waals surface area contributed by atoms with Gasteiger partial charge >= 0.3 is 0 Å². The molecular formula is C22H19ClN2O3. The average Bonchev–Trinajstić information content (AvgIpc) is 2.73. The molecule has 5 nitrogen and oxygen atoms in total. The van der Waals surface area contributed by atoms with Gasteiger partial charge in [0.25, 0.3) is 11.8 Å². The molecule has 0 spiro atoms. The number of halogens is 1. The van der Waals surface area contributed by atoms with Gasteiger partial charge in [-0.25, -0.2) is 0 Å². The van der Waals surface area contributed by atoms with Crippen molar-refractivity contribution in [2.24, 2.45) is 0 Å². The Morgan fingerprint density at radius 1 is 0.929 bits per heavy atom. The number of benzene rings is 3. The highest BCUT2D eigenvalue weighted by Crippen LogP contribution is 2.18. The number of anilines is 1. The Bertz CT molecular complexity index is 987. The predicted octanol–water partition coefficient (Wildman–Crippen LogP) is 4.53. The normalized spacial score (nSPS) is 10.2. The fraction of sp³-hybridized carbons (Fsp3) is 0.0909. The van der Waals surface area contributed by atoms with E-state index in [-0.39, 0.29) is 11.8 Å². The molecule has 3 rings (SSSR count). The van der Waals surface area contributed by atoms with Gasteiger partial charge in [0.2, 0.25) is 0 Å². The number of hydrogen-bond acceptors (Lipinski definition) is 3. The van der Waals surface area contributed by atoms with Gasteiger partial charge < -0.3 is 15.4 Å². The molecule has 142 valence electrons. The number of carbonyl (C=O) groups is 2. The SMILES string of the molecule is COc1cccc(CNC(=O)c2ccccc2NC(=O)c2ccc(Cl)cc2)c1. The topological polar surface area (TPSA) is 67.4 Å². The van der Waals surface area contributed by atoms with Crippen LogP contribution in [0.2, 0.25) is 5.02 Å². The second-order valence-electron chi connectivity index (χ2n) is 6.04. The largest absolute Gasteiger partial charge is 0.497 e. The van der Waals surface area contributed by atoms with Crippen molar-refractivity contribution in [2.45, 2.75) is 6.54 Å². The molecule has 2 amide bonds. The molecule has 0 aromatic heterocycles. The number of hydrogen-bond donors (Lipinski definition) is 2. The van der Waals surface area contributed by atoms with Gasteiger partial charge in [-0.2, -0.15) is 0 Å². The zero-order chi connectivity index (χ0) is 19.9.